The smallest absolute Gasteiger partial charge is 0.307 e. The number of hydrogen-bond acceptors (Lipinski definition) is 4. The maximum absolute atomic E-state index is 14.4. The molecule has 114 valence electrons. The van der Waals surface area contributed by atoms with Crippen molar-refractivity contribution in [2.24, 2.45) is 5.92 Å². The Morgan fingerprint density at radius 1 is 1.43 bits per heavy atom. The number of carboxylic acid groups (broad SMARTS) is 1. The highest BCUT2D eigenvalue weighted by Crippen LogP contribution is 2.43. The maximum Gasteiger partial charge on any atom is 0.307 e. The molecule has 3 rings (SSSR count). The molecule has 2 aliphatic rings. The third-order valence-corrected chi connectivity index (χ3v) is 4.14. The largest absolute Gasteiger partial charge is 0.489 e. The SMILES string of the molecule is O=C(O)C1CNC(c2cc3c(c(Cl)c2F)OCCCO3)C1. The maximum atomic E-state index is 14.4. The predicted molar refractivity (Wildman–Crippen MR) is 73.5 cm³/mol. The highest BCUT2D eigenvalue weighted by atomic mass is 35.5. The van der Waals surface area contributed by atoms with Crippen molar-refractivity contribution in [1.29, 1.82) is 0 Å². The van der Waals surface area contributed by atoms with Crippen molar-refractivity contribution < 1.29 is 23.8 Å². The Hall–Kier alpha value is -1.53. The van der Waals surface area contributed by atoms with E-state index >= 15 is 0 Å². The van der Waals surface area contributed by atoms with Crippen LogP contribution in [0.3, 0.4) is 0 Å². The van der Waals surface area contributed by atoms with Crippen molar-refractivity contribution in [3.63, 3.8) is 0 Å². The molecule has 0 amide bonds. The number of halogens is 2. The summed E-state index contributed by atoms with van der Waals surface area (Å²) in [5.74, 6) is -1.35. The van der Waals surface area contributed by atoms with Gasteiger partial charge in [-0.05, 0) is 12.5 Å². The van der Waals surface area contributed by atoms with Gasteiger partial charge in [-0.2, -0.15) is 0 Å². The molecule has 2 heterocycles. The number of fused-ring (bicyclic) bond motifs is 1. The lowest BCUT2D eigenvalue weighted by Crippen LogP contribution is -2.17. The van der Waals surface area contributed by atoms with Gasteiger partial charge in [0.15, 0.2) is 17.3 Å². The minimum atomic E-state index is -0.883. The molecule has 0 saturated carbocycles. The summed E-state index contributed by atoms with van der Waals surface area (Å²) in [6, 6.07) is 1.17. The number of rotatable bonds is 2. The summed E-state index contributed by atoms with van der Waals surface area (Å²) in [4.78, 5) is 11.0. The van der Waals surface area contributed by atoms with Crippen LogP contribution in [0.15, 0.2) is 6.07 Å². The van der Waals surface area contributed by atoms with Crippen LogP contribution < -0.4 is 14.8 Å². The topological polar surface area (TPSA) is 67.8 Å². The summed E-state index contributed by atoms with van der Waals surface area (Å²) in [5.41, 5.74) is 0.327. The number of ether oxygens (including phenoxy) is 2. The van der Waals surface area contributed by atoms with E-state index in [1.54, 1.807) is 6.07 Å². The van der Waals surface area contributed by atoms with Gasteiger partial charge in [0, 0.05) is 24.6 Å². The fourth-order valence-corrected chi connectivity index (χ4v) is 2.93. The van der Waals surface area contributed by atoms with Crippen LogP contribution >= 0.6 is 11.6 Å². The Morgan fingerprint density at radius 2 is 2.19 bits per heavy atom. The molecule has 1 fully saturated rings. The van der Waals surface area contributed by atoms with Crippen molar-refractivity contribution in [2.45, 2.75) is 18.9 Å². The molecule has 2 unspecified atom stereocenters. The highest BCUT2D eigenvalue weighted by Gasteiger charge is 2.33. The zero-order chi connectivity index (χ0) is 15.0. The second kappa shape index (κ2) is 5.69. The molecule has 0 spiro atoms. The Balaban J connectivity index is 1.95. The van der Waals surface area contributed by atoms with Crippen molar-refractivity contribution in [2.75, 3.05) is 19.8 Å². The summed E-state index contributed by atoms with van der Waals surface area (Å²) < 4.78 is 25.4. The molecule has 0 radical (unpaired) electrons. The molecule has 2 N–H and O–H groups in total. The third kappa shape index (κ3) is 2.65. The Morgan fingerprint density at radius 3 is 2.90 bits per heavy atom. The molecule has 0 aliphatic carbocycles. The summed E-state index contributed by atoms with van der Waals surface area (Å²) in [6.07, 6.45) is 1.02. The first-order valence-corrected chi connectivity index (χ1v) is 7.19. The Labute approximate surface area is 126 Å². The minimum Gasteiger partial charge on any atom is -0.489 e. The molecule has 7 heteroatoms. The number of carboxylic acids is 1. The summed E-state index contributed by atoms with van der Waals surface area (Å²) in [7, 11) is 0. The lowest BCUT2D eigenvalue weighted by Gasteiger charge is -2.17. The van der Waals surface area contributed by atoms with Gasteiger partial charge < -0.3 is 19.9 Å². The average molecular weight is 316 g/mol. The second-order valence-electron chi connectivity index (χ2n) is 5.20. The Kier molecular flexibility index (Phi) is 3.91. The van der Waals surface area contributed by atoms with Gasteiger partial charge in [-0.3, -0.25) is 4.79 Å². The molecule has 1 aromatic rings. The van der Waals surface area contributed by atoms with Gasteiger partial charge in [0.2, 0.25) is 0 Å². The molecular formula is C14H15ClFNO4. The van der Waals surface area contributed by atoms with Crippen LogP contribution in [0.25, 0.3) is 0 Å². The van der Waals surface area contributed by atoms with Crippen LogP contribution in [0, 0.1) is 11.7 Å². The first-order valence-electron chi connectivity index (χ1n) is 6.81. The van der Waals surface area contributed by atoms with Crippen LogP contribution in [0.1, 0.15) is 24.4 Å². The van der Waals surface area contributed by atoms with Crippen molar-refractivity contribution >= 4 is 17.6 Å². The van der Waals surface area contributed by atoms with Crippen LogP contribution in [-0.4, -0.2) is 30.8 Å². The number of nitrogens with one attached hydrogen (secondary N) is 1. The van der Waals surface area contributed by atoms with Gasteiger partial charge in [0.05, 0.1) is 19.1 Å². The molecule has 1 aromatic carbocycles. The monoisotopic (exact) mass is 315 g/mol. The lowest BCUT2D eigenvalue weighted by atomic mass is 9.99. The van der Waals surface area contributed by atoms with Crippen LogP contribution in [-0.2, 0) is 4.79 Å². The third-order valence-electron chi connectivity index (χ3n) is 3.80. The molecule has 2 atom stereocenters. The first-order chi connectivity index (χ1) is 10.1. The molecular weight excluding hydrogens is 301 g/mol. The van der Waals surface area contributed by atoms with Gasteiger partial charge in [0.25, 0.3) is 0 Å². The standard InChI is InChI=1S/C14H15ClFNO4/c15-11-12(16)8(9-4-7(6-17-9)14(18)19)5-10-13(11)21-3-1-2-20-10/h5,7,9,17H,1-4,6H2,(H,18,19). The quantitative estimate of drug-likeness (QED) is 0.877. The fourth-order valence-electron chi connectivity index (χ4n) is 2.68. The molecule has 1 saturated heterocycles. The van der Waals surface area contributed by atoms with E-state index in [2.05, 4.69) is 5.32 Å². The second-order valence-corrected chi connectivity index (χ2v) is 5.58. The fraction of sp³-hybridized carbons (Fsp3) is 0.500. The molecule has 2 aliphatic heterocycles. The summed E-state index contributed by atoms with van der Waals surface area (Å²) in [6.45, 7) is 1.21. The lowest BCUT2D eigenvalue weighted by molar-refractivity contribution is -0.141. The van der Waals surface area contributed by atoms with E-state index in [1.807, 2.05) is 0 Å². The van der Waals surface area contributed by atoms with E-state index in [4.69, 9.17) is 26.2 Å². The minimum absolute atomic E-state index is 0.107. The predicted octanol–water partition coefficient (Wildman–Crippen LogP) is 2.38. The summed E-state index contributed by atoms with van der Waals surface area (Å²) >= 11 is 6.04. The molecule has 21 heavy (non-hydrogen) atoms. The van der Waals surface area contributed by atoms with Gasteiger partial charge >= 0.3 is 5.97 Å². The zero-order valence-electron chi connectivity index (χ0n) is 11.2. The van der Waals surface area contributed by atoms with Crippen LogP contribution in [0.4, 0.5) is 4.39 Å². The highest BCUT2D eigenvalue weighted by molar-refractivity contribution is 6.32. The normalized spacial score (nSPS) is 24.7. The first kappa shape index (κ1) is 14.4. The van der Waals surface area contributed by atoms with Crippen LogP contribution in [0.5, 0.6) is 11.5 Å². The zero-order valence-corrected chi connectivity index (χ0v) is 12.0. The Bertz CT molecular complexity index is 581. The average Bonchev–Trinajstić information content (AvgIpc) is 2.83. The van der Waals surface area contributed by atoms with Crippen LogP contribution in [0.2, 0.25) is 5.02 Å². The van der Waals surface area contributed by atoms with Gasteiger partial charge in [-0.15, -0.1) is 0 Å². The summed E-state index contributed by atoms with van der Waals surface area (Å²) in [5, 5.41) is 11.9. The number of aliphatic carboxylic acids is 1. The van der Waals surface area contributed by atoms with E-state index in [-0.39, 0.29) is 16.8 Å². The number of hydrogen-bond donors (Lipinski definition) is 2. The van der Waals surface area contributed by atoms with E-state index in [0.717, 1.165) is 0 Å². The van der Waals surface area contributed by atoms with E-state index < -0.39 is 17.7 Å². The molecule has 0 bridgehead atoms. The van der Waals surface area contributed by atoms with Gasteiger partial charge in [-0.1, -0.05) is 11.6 Å². The van der Waals surface area contributed by atoms with E-state index in [0.29, 0.717) is 43.9 Å². The van der Waals surface area contributed by atoms with Crippen molar-refractivity contribution in [3.8, 4) is 11.5 Å². The number of benzene rings is 1. The van der Waals surface area contributed by atoms with Crippen molar-refractivity contribution in [1.82, 2.24) is 5.32 Å². The molecule has 5 nitrogen and oxygen atoms in total. The van der Waals surface area contributed by atoms with E-state index in [9.17, 15) is 9.18 Å². The van der Waals surface area contributed by atoms with Crippen molar-refractivity contribution in [3.05, 3.63) is 22.5 Å². The molecule has 0 aromatic heterocycles. The number of carbonyl (C=O) groups is 1. The van der Waals surface area contributed by atoms with Gasteiger partial charge in [0.1, 0.15) is 5.02 Å². The van der Waals surface area contributed by atoms with Gasteiger partial charge in [-0.25, -0.2) is 4.39 Å². The van der Waals surface area contributed by atoms with E-state index in [1.165, 1.54) is 0 Å².